The number of ether oxygens (including phenoxy) is 1. The second-order valence-electron chi connectivity index (χ2n) is 5.94. The molecule has 9 heteroatoms. The van der Waals surface area contributed by atoms with Gasteiger partial charge in [-0.25, -0.2) is 9.50 Å². The highest BCUT2D eigenvalue weighted by Gasteiger charge is 2.37. The van der Waals surface area contributed by atoms with Gasteiger partial charge in [0.25, 0.3) is 5.91 Å². The summed E-state index contributed by atoms with van der Waals surface area (Å²) in [7, 11) is 0. The molecule has 0 unspecified atom stereocenters. The molecule has 2 aromatic heterocycles. The lowest BCUT2D eigenvalue weighted by atomic mass is 10.2. The van der Waals surface area contributed by atoms with Gasteiger partial charge in [-0.05, 0) is 32.3 Å². The Labute approximate surface area is 142 Å². The van der Waals surface area contributed by atoms with Crippen LogP contribution in [0.5, 0.6) is 0 Å². The number of hydrogen-bond acceptors (Lipinski definition) is 4. The van der Waals surface area contributed by atoms with E-state index < -0.39 is 17.8 Å². The van der Waals surface area contributed by atoms with Crippen LogP contribution in [0.3, 0.4) is 0 Å². The topological polar surface area (TPSA) is 68.5 Å². The third-order valence-corrected chi connectivity index (χ3v) is 3.92. The van der Waals surface area contributed by atoms with Crippen LogP contribution >= 0.6 is 0 Å². The van der Waals surface area contributed by atoms with Crippen LogP contribution in [-0.4, -0.2) is 40.3 Å². The molecule has 2 aromatic rings. The van der Waals surface area contributed by atoms with Gasteiger partial charge in [0.2, 0.25) is 0 Å². The number of carbonyl (C=O) groups excluding carboxylic acids is 1. The van der Waals surface area contributed by atoms with Crippen molar-refractivity contribution in [3.63, 3.8) is 0 Å². The van der Waals surface area contributed by atoms with Crippen LogP contribution in [0.15, 0.2) is 12.1 Å². The Balaban J connectivity index is 1.82. The first-order valence-corrected chi connectivity index (χ1v) is 8.24. The molecule has 1 N–H and O–H groups in total. The lowest BCUT2D eigenvalue weighted by molar-refractivity contribution is -0.142. The van der Waals surface area contributed by atoms with Crippen molar-refractivity contribution in [2.75, 3.05) is 19.8 Å². The fourth-order valence-corrected chi connectivity index (χ4v) is 2.51. The number of alkyl halides is 3. The molecule has 3 rings (SSSR count). The number of amides is 1. The number of halogens is 3. The molecule has 6 nitrogen and oxygen atoms in total. The van der Waals surface area contributed by atoms with Crippen molar-refractivity contribution in [2.45, 2.75) is 38.3 Å². The van der Waals surface area contributed by atoms with Crippen LogP contribution in [0, 0.1) is 0 Å². The summed E-state index contributed by atoms with van der Waals surface area (Å²) in [5.41, 5.74) is -0.545. The van der Waals surface area contributed by atoms with Gasteiger partial charge < -0.3 is 10.1 Å². The molecule has 0 atom stereocenters. The minimum Gasteiger partial charge on any atom is -0.382 e. The monoisotopic (exact) mass is 356 g/mol. The predicted molar refractivity (Wildman–Crippen MR) is 83.4 cm³/mol. The van der Waals surface area contributed by atoms with Gasteiger partial charge in [0.15, 0.2) is 11.3 Å². The maximum Gasteiger partial charge on any atom is 0.433 e. The first-order chi connectivity index (χ1) is 11.9. The number of rotatable bonds is 7. The van der Waals surface area contributed by atoms with Gasteiger partial charge in [0.05, 0.1) is 0 Å². The van der Waals surface area contributed by atoms with Crippen molar-refractivity contribution >= 4 is 11.6 Å². The van der Waals surface area contributed by atoms with Crippen LogP contribution < -0.4 is 5.32 Å². The van der Waals surface area contributed by atoms with Crippen molar-refractivity contribution in [3.8, 4) is 0 Å². The molecule has 0 aliphatic heterocycles. The minimum absolute atomic E-state index is 0.0381. The van der Waals surface area contributed by atoms with Gasteiger partial charge in [0.1, 0.15) is 5.69 Å². The number of nitrogens with zero attached hydrogens (tertiary/aromatic N) is 3. The van der Waals surface area contributed by atoms with Gasteiger partial charge in [-0.15, -0.1) is 0 Å². The van der Waals surface area contributed by atoms with Crippen molar-refractivity contribution in [1.29, 1.82) is 0 Å². The molecule has 0 radical (unpaired) electrons. The summed E-state index contributed by atoms with van der Waals surface area (Å²) in [4.78, 5) is 16.3. The Bertz CT molecular complexity index is 769. The molecular formula is C16H19F3N4O2. The van der Waals surface area contributed by atoms with E-state index in [0.29, 0.717) is 36.4 Å². The van der Waals surface area contributed by atoms with E-state index in [1.807, 2.05) is 6.92 Å². The van der Waals surface area contributed by atoms with Crippen molar-refractivity contribution < 1.29 is 22.7 Å². The van der Waals surface area contributed by atoms with Crippen LogP contribution in [0.25, 0.3) is 5.65 Å². The largest absolute Gasteiger partial charge is 0.433 e. The van der Waals surface area contributed by atoms with E-state index in [9.17, 15) is 18.0 Å². The lowest BCUT2D eigenvalue weighted by Crippen LogP contribution is -2.25. The number of hydrogen-bond donors (Lipinski definition) is 1. The highest BCUT2D eigenvalue weighted by atomic mass is 19.4. The standard InChI is InChI=1S/C16H19F3N4O2/c1-2-25-7-3-6-20-15(24)12-9-14-21-11(10-4-5-10)8-13(16(17,18)19)23(14)22-12/h8-10H,2-7H2,1H3,(H,20,24). The first kappa shape index (κ1) is 17.7. The highest BCUT2D eigenvalue weighted by molar-refractivity contribution is 5.93. The summed E-state index contributed by atoms with van der Waals surface area (Å²) in [6.45, 7) is 3.33. The van der Waals surface area contributed by atoms with Gasteiger partial charge in [-0.1, -0.05) is 0 Å². The van der Waals surface area contributed by atoms with Crippen LogP contribution in [0.2, 0.25) is 0 Å². The number of fused-ring (bicyclic) bond motifs is 1. The highest BCUT2D eigenvalue weighted by Crippen LogP contribution is 2.41. The lowest BCUT2D eigenvalue weighted by Gasteiger charge is -2.10. The number of aromatic nitrogens is 3. The Hall–Kier alpha value is -2.16. The molecule has 0 aromatic carbocycles. The molecule has 0 spiro atoms. The maximum atomic E-state index is 13.3. The van der Waals surface area contributed by atoms with Gasteiger partial charge >= 0.3 is 6.18 Å². The zero-order chi connectivity index (χ0) is 18.0. The zero-order valence-electron chi connectivity index (χ0n) is 13.8. The molecule has 1 amide bonds. The van der Waals surface area contributed by atoms with E-state index in [-0.39, 0.29) is 17.3 Å². The molecule has 2 heterocycles. The Morgan fingerprint density at radius 3 is 2.80 bits per heavy atom. The fraction of sp³-hybridized carbons (Fsp3) is 0.562. The zero-order valence-corrected chi connectivity index (χ0v) is 13.8. The van der Waals surface area contributed by atoms with E-state index >= 15 is 0 Å². The molecule has 25 heavy (non-hydrogen) atoms. The average molecular weight is 356 g/mol. The van der Waals surface area contributed by atoms with Crippen molar-refractivity contribution in [2.24, 2.45) is 0 Å². The maximum absolute atomic E-state index is 13.3. The summed E-state index contributed by atoms with van der Waals surface area (Å²) >= 11 is 0. The van der Waals surface area contributed by atoms with Crippen molar-refractivity contribution in [1.82, 2.24) is 19.9 Å². The molecule has 1 aliphatic rings. The first-order valence-electron chi connectivity index (χ1n) is 8.24. The second-order valence-corrected chi connectivity index (χ2v) is 5.94. The van der Waals surface area contributed by atoms with Gasteiger partial charge in [-0.2, -0.15) is 18.3 Å². The smallest absolute Gasteiger partial charge is 0.382 e. The summed E-state index contributed by atoms with van der Waals surface area (Å²) in [5.74, 6) is -0.458. The van der Waals surface area contributed by atoms with E-state index in [0.717, 1.165) is 18.9 Å². The quantitative estimate of drug-likeness (QED) is 0.775. The van der Waals surface area contributed by atoms with Crippen molar-refractivity contribution in [3.05, 3.63) is 29.2 Å². The molecule has 1 aliphatic carbocycles. The Kier molecular flexibility index (Phi) is 4.94. The summed E-state index contributed by atoms with van der Waals surface area (Å²) in [5, 5.41) is 6.43. The van der Waals surface area contributed by atoms with Gasteiger partial charge in [0, 0.05) is 37.4 Å². The second kappa shape index (κ2) is 6.99. The molecule has 1 fully saturated rings. The van der Waals surface area contributed by atoms with Crippen LogP contribution in [0.1, 0.15) is 54.0 Å². The molecule has 0 saturated heterocycles. The summed E-state index contributed by atoms with van der Waals surface area (Å²) in [6, 6.07) is 2.32. The molecular weight excluding hydrogens is 337 g/mol. The number of carbonyl (C=O) groups is 1. The number of nitrogens with one attached hydrogen (secondary N) is 1. The van der Waals surface area contributed by atoms with Crippen LogP contribution in [-0.2, 0) is 10.9 Å². The van der Waals surface area contributed by atoms with Crippen LogP contribution in [0.4, 0.5) is 13.2 Å². The predicted octanol–water partition coefficient (Wildman–Crippen LogP) is 2.78. The molecule has 0 bridgehead atoms. The fourth-order valence-electron chi connectivity index (χ4n) is 2.51. The SMILES string of the molecule is CCOCCCNC(=O)c1cc2nc(C3CC3)cc(C(F)(F)F)n2n1. The molecule has 136 valence electrons. The minimum atomic E-state index is -4.57. The molecule has 1 saturated carbocycles. The van der Waals surface area contributed by atoms with E-state index in [1.165, 1.54) is 6.07 Å². The van der Waals surface area contributed by atoms with E-state index in [4.69, 9.17) is 4.74 Å². The Morgan fingerprint density at radius 1 is 1.40 bits per heavy atom. The van der Waals surface area contributed by atoms with E-state index in [2.05, 4.69) is 15.4 Å². The van der Waals surface area contributed by atoms with E-state index in [1.54, 1.807) is 0 Å². The third kappa shape index (κ3) is 4.09. The Morgan fingerprint density at radius 2 is 2.16 bits per heavy atom. The third-order valence-electron chi connectivity index (χ3n) is 3.92. The average Bonchev–Trinajstić information content (AvgIpc) is 3.31. The summed E-state index contributed by atoms with van der Waals surface area (Å²) in [6.07, 6.45) is -2.28. The van der Waals surface area contributed by atoms with Gasteiger partial charge in [-0.3, -0.25) is 4.79 Å². The summed E-state index contributed by atoms with van der Waals surface area (Å²) < 4.78 is 45.8. The normalized spacial score (nSPS) is 14.9.